The van der Waals surface area contributed by atoms with Gasteiger partial charge in [-0.25, -0.2) is 4.98 Å². The molecule has 3 atom stereocenters. The van der Waals surface area contributed by atoms with E-state index in [0.29, 0.717) is 41.3 Å². The molecule has 146 valence electrons. The zero-order chi connectivity index (χ0) is 19.3. The molecule has 3 aliphatic rings. The number of amides is 2. The highest BCUT2D eigenvalue weighted by molar-refractivity contribution is 5.98. The average molecular weight is 380 g/mol. The summed E-state index contributed by atoms with van der Waals surface area (Å²) in [6.07, 6.45) is 7.12. The molecule has 2 N–H and O–H groups in total. The minimum Gasteiger partial charge on any atom is -0.296 e. The molecule has 0 radical (unpaired) electrons. The fourth-order valence-corrected chi connectivity index (χ4v) is 5.34. The number of hydrogen-bond acceptors (Lipinski definition) is 4. The van der Waals surface area contributed by atoms with Crippen molar-refractivity contribution in [2.45, 2.75) is 51.5 Å². The topological polar surface area (TPSA) is 93.1 Å². The number of hydrogen-bond donors (Lipinski definition) is 2. The molecule has 1 aromatic heterocycles. The summed E-state index contributed by atoms with van der Waals surface area (Å²) in [6.45, 7) is 0.702. The van der Waals surface area contributed by atoms with Gasteiger partial charge in [0, 0.05) is 24.9 Å². The maximum absolute atomic E-state index is 12.5. The van der Waals surface area contributed by atoms with Gasteiger partial charge in [-0.1, -0.05) is 6.42 Å². The van der Waals surface area contributed by atoms with Crippen LogP contribution in [0.5, 0.6) is 0 Å². The first-order valence-corrected chi connectivity index (χ1v) is 10.2. The van der Waals surface area contributed by atoms with Crippen LogP contribution in [0.3, 0.4) is 0 Å². The van der Waals surface area contributed by atoms with E-state index in [1.807, 2.05) is 0 Å². The molecule has 2 bridgehead atoms. The van der Waals surface area contributed by atoms with Crippen LogP contribution < -0.4 is 16.4 Å². The molecule has 2 amide bonds. The second-order valence-electron chi connectivity index (χ2n) is 8.46. The predicted octanol–water partition coefficient (Wildman–Crippen LogP) is 1.93. The summed E-state index contributed by atoms with van der Waals surface area (Å²) < 4.78 is 1.71. The number of nitrogens with one attached hydrogen (secondary N) is 2. The van der Waals surface area contributed by atoms with Crippen molar-refractivity contribution >= 4 is 22.7 Å². The summed E-state index contributed by atoms with van der Waals surface area (Å²) in [5.74, 6) is 2.17. The summed E-state index contributed by atoms with van der Waals surface area (Å²) in [7, 11) is 0. The molecule has 1 aromatic carbocycles. The Morgan fingerprint density at radius 2 is 2.07 bits per heavy atom. The Morgan fingerprint density at radius 3 is 2.86 bits per heavy atom. The summed E-state index contributed by atoms with van der Waals surface area (Å²) in [6, 6.07) is 4.86. The molecule has 7 nitrogen and oxygen atoms in total. The molecule has 0 saturated heterocycles. The summed E-state index contributed by atoms with van der Waals surface area (Å²) >= 11 is 0. The fourth-order valence-electron chi connectivity index (χ4n) is 5.34. The van der Waals surface area contributed by atoms with Crippen LogP contribution in [0, 0.1) is 17.8 Å². The zero-order valence-corrected chi connectivity index (χ0v) is 15.7. The molecule has 0 unspecified atom stereocenters. The van der Waals surface area contributed by atoms with Crippen molar-refractivity contribution in [2.75, 3.05) is 0 Å². The Hall–Kier alpha value is -2.70. The lowest BCUT2D eigenvalue weighted by molar-refractivity contribution is -0.123. The fraction of sp³-hybridized carbons (Fsp3) is 0.524. The Bertz CT molecular complexity index is 1030. The number of fused-ring (bicyclic) bond motifs is 4. The predicted molar refractivity (Wildman–Crippen MR) is 103 cm³/mol. The molecule has 1 aliphatic heterocycles. The SMILES string of the molecule is O=C(C[C@H]1C[C@@H]2CC[C@@H]1C2)NNC(=O)c1ccc2c(=O)n3c(nc2c1)CCC3. The van der Waals surface area contributed by atoms with Crippen LogP contribution in [-0.2, 0) is 17.8 Å². The largest absolute Gasteiger partial charge is 0.296 e. The highest BCUT2D eigenvalue weighted by Gasteiger charge is 2.40. The van der Waals surface area contributed by atoms with Crippen molar-refractivity contribution in [1.29, 1.82) is 0 Å². The van der Waals surface area contributed by atoms with Crippen LogP contribution in [0.4, 0.5) is 0 Å². The van der Waals surface area contributed by atoms with Crippen molar-refractivity contribution in [2.24, 2.45) is 17.8 Å². The van der Waals surface area contributed by atoms with Crippen LogP contribution in [0.2, 0.25) is 0 Å². The minimum absolute atomic E-state index is 0.0522. The normalized spacial score (nSPS) is 25.1. The minimum atomic E-state index is -0.398. The van der Waals surface area contributed by atoms with E-state index in [2.05, 4.69) is 15.8 Å². The molecule has 0 spiro atoms. The smallest absolute Gasteiger partial charge is 0.269 e. The molecule has 2 fully saturated rings. The van der Waals surface area contributed by atoms with Crippen LogP contribution in [0.25, 0.3) is 10.9 Å². The molecule has 7 heteroatoms. The molecule has 5 rings (SSSR count). The first-order valence-electron chi connectivity index (χ1n) is 10.2. The highest BCUT2D eigenvalue weighted by atomic mass is 16.2. The van der Waals surface area contributed by atoms with Gasteiger partial charge in [0.2, 0.25) is 5.91 Å². The Labute approximate surface area is 162 Å². The number of carbonyl (C=O) groups is 2. The lowest BCUT2D eigenvalue weighted by Crippen LogP contribution is -2.42. The lowest BCUT2D eigenvalue weighted by Gasteiger charge is -2.20. The van der Waals surface area contributed by atoms with Gasteiger partial charge in [0.05, 0.1) is 10.9 Å². The Kier molecular flexibility index (Phi) is 4.18. The molecule has 2 saturated carbocycles. The van der Waals surface area contributed by atoms with Crippen molar-refractivity contribution in [3.8, 4) is 0 Å². The van der Waals surface area contributed by atoms with Crippen molar-refractivity contribution in [3.05, 3.63) is 39.9 Å². The molecule has 2 aromatic rings. The van der Waals surface area contributed by atoms with E-state index in [1.54, 1.807) is 22.8 Å². The molecule has 2 aliphatic carbocycles. The van der Waals surface area contributed by atoms with Gasteiger partial charge in [0.25, 0.3) is 11.5 Å². The monoisotopic (exact) mass is 380 g/mol. The summed E-state index contributed by atoms with van der Waals surface area (Å²) in [4.78, 5) is 41.7. The third-order valence-corrected chi connectivity index (χ3v) is 6.73. The molecular weight excluding hydrogens is 356 g/mol. The van der Waals surface area contributed by atoms with Gasteiger partial charge in [0.1, 0.15) is 5.82 Å². The molecular formula is C21H24N4O3. The van der Waals surface area contributed by atoms with E-state index >= 15 is 0 Å². The van der Waals surface area contributed by atoms with Gasteiger partial charge in [-0.15, -0.1) is 0 Å². The Balaban J connectivity index is 1.25. The average Bonchev–Trinajstić information content (AvgIpc) is 3.42. The van der Waals surface area contributed by atoms with Gasteiger partial charge < -0.3 is 0 Å². The second kappa shape index (κ2) is 6.72. The van der Waals surface area contributed by atoms with Gasteiger partial charge in [-0.05, 0) is 61.6 Å². The third kappa shape index (κ3) is 2.99. The van der Waals surface area contributed by atoms with E-state index in [1.165, 1.54) is 19.3 Å². The number of nitrogens with zero attached hydrogens (tertiary/aromatic N) is 2. The number of aryl methyl sites for hydroxylation is 1. The van der Waals surface area contributed by atoms with Crippen molar-refractivity contribution in [1.82, 2.24) is 20.4 Å². The van der Waals surface area contributed by atoms with E-state index in [-0.39, 0.29) is 11.5 Å². The number of benzene rings is 1. The highest BCUT2D eigenvalue weighted by Crippen LogP contribution is 2.49. The summed E-state index contributed by atoms with van der Waals surface area (Å²) in [5.41, 5.74) is 5.89. The maximum atomic E-state index is 12.5. The third-order valence-electron chi connectivity index (χ3n) is 6.73. The van der Waals surface area contributed by atoms with Crippen molar-refractivity contribution < 1.29 is 9.59 Å². The Morgan fingerprint density at radius 1 is 1.18 bits per heavy atom. The van der Waals surface area contributed by atoms with Crippen molar-refractivity contribution in [3.63, 3.8) is 0 Å². The van der Waals surface area contributed by atoms with E-state index in [9.17, 15) is 14.4 Å². The standard InChI is InChI=1S/C21H24N4O3/c26-19(11-15-9-12-3-4-13(15)8-12)23-24-20(27)14-5-6-16-17(10-14)22-18-2-1-7-25(18)21(16)28/h5-6,10,12-13,15H,1-4,7-9,11H2,(H,23,26)(H,24,27)/t12-,13-,15-/m1/s1. The quantitative estimate of drug-likeness (QED) is 0.796. The number of carbonyl (C=O) groups excluding carboxylic acids is 2. The van der Waals surface area contributed by atoms with Gasteiger partial charge >= 0.3 is 0 Å². The van der Waals surface area contributed by atoms with Gasteiger partial charge in [0.15, 0.2) is 0 Å². The first-order chi connectivity index (χ1) is 13.6. The van der Waals surface area contributed by atoms with Gasteiger partial charge in [-0.2, -0.15) is 0 Å². The molecule has 2 heterocycles. The van der Waals surface area contributed by atoms with Crippen LogP contribution in [0.15, 0.2) is 23.0 Å². The summed E-state index contributed by atoms with van der Waals surface area (Å²) in [5, 5.41) is 0.516. The van der Waals surface area contributed by atoms with Crippen LogP contribution >= 0.6 is 0 Å². The van der Waals surface area contributed by atoms with E-state index < -0.39 is 5.91 Å². The zero-order valence-electron chi connectivity index (χ0n) is 15.7. The number of aromatic nitrogens is 2. The van der Waals surface area contributed by atoms with Crippen LogP contribution in [0.1, 0.15) is 54.7 Å². The van der Waals surface area contributed by atoms with E-state index in [4.69, 9.17) is 0 Å². The lowest BCUT2D eigenvalue weighted by atomic mass is 9.86. The number of rotatable bonds is 3. The molecule has 28 heavy (non-hydrogen) atoms. The maximum Gasteiger partial charge on any atom is 0.269 e. The van der Waals surface area contributed by atoms with Crippen LogP contribution in [-0.4, -0.2) is 21.4 Å². The first kappa shape index (κ1) is 17.4. The second-order valence-corrected chi connectivity index (χ2v) is 8.46. The number of hydrazine groups is 1. The van der Waals surface area contributed by atoms with E-state index in [0.717, 1.165) is 31.0 Å². The van der Waals surface area contributed by atoms with Gasteiger partial charge in [-0.3, -0.25) is 29.8 Å².